The molecule has 30 heavy (non-hydrogen) atoms. The lowest BCUT2D eigenvalue weighted by molar-refractivity contribution is -0.144. The molecule has 1 N–H and O–H groups in total. The molecule has 2 aliphatic rings. The molecule has 8 heteroatoms. The molecule has 0 radical (unpaired) electrons. The Balaban J connectivity index is 1.60. The minimum absolute atomic E-state index is 0.201. The number of hydrogen-bond acceptors (Lipinski definition) is 8. The molecule has 0 saturated carbocycles. The van der Waals surface area contributed by atoms with E-state index < -0.39 is 18.0 Å². The van der Waals surface area contributed by atoms with E-state index in [1.54, 1.807) is 12.1 Å². The van der Waals surface area contributed by atoms with E-state index in [0.29, 0.717) is 40.7 Å². The summed E-state index contributed by atoms with van der Waals surface area (Å²) in [5.74, 6) is 1.26. The second kappa shape index (κ2) is 8.31. The summed E-state index contributed by atoms with van der Waals surface area (Å²) in [6.45, 7) is 0.436. The number of aliphatic hydroxyl groups is 1. The summed E-state index contributed by atoms with van der Waals surface area (Å²) in [5.41, 5.74) is 1.47. The Morgan fingerprint density at radius 1 is 1.00 bits per heavy atom. The van der Waals surface area contributed by atoms with E-state index in [1.807, 2.05) is 18.2 Å². The lowest BCUT2D eigenvalue weighted by Gasteiger charge is -2.23. The van der Waals surface area contributed by atoms with Crippen molar-refractivity contribution in [1.82, 2.24) is 0 Å². The van der Waals surface area contributed by atoms with Crippen molar-refractivity contribution in [2.75, 3.05) is 34.7 Å². The molecule has 2 aromatic carbocycles. The topological polar surface area (TPSA) is 92.7 Å². The normalized spacial score (nSPS) is 20.6. The number of ether oxygens (including phenoxy) is 6. The highest BCUT2D eigenvalue weighted by Crippen LogP contribution is 2.43. The van der Waals surface area contributed by atoms with Crippen LogP contribution in [-0.4, -0.2) is 45.8 Å². The van der Waals surface area contributed by atoms with Crippen LogP contribution in [0, 0.1) is 11.8 Å². The summed E-state index contributed by atoms with van der Waals surface area (Å²) >= 11 is 0. The van der Waals surface area contributed by atoms with Crippen LogP contribution >= 0.6 is 0 Å². The van der Waals surface area contributed by atoms with Gasteiger partial charge in [-0.2, -0.15) is 0 Å². The number of carbonyl (C=O) groups excluding carboxylic acids is 1. The standard InChI is InChI=1S/C22H24O8/c1-25-17-8-13(9-18(26-2)21(17)27-3)20(23)19-14(10-28-22(19)24)6-12-4-5-15-16(7-12)30-11-29-15/h4-5,7-9,14,19-20,23H,6,10-11H2,1-3H3/t14-,19?,20+/m0/s1. The van der Waals surface area contributed by atoms with Crippen molar-refractivity contribution in [3.05, 3.63) is 41.5 Å². The molecule has 8 nitrogen and oxygen atoms in total. The van der Waals surface area contributed by atoms with Crippen molar-refractivity contribution in [1.29, 1.82) is 0 Å². The number of cyclic esters (lactones) is 1. The number of fused-ring (bicyclic) bond motifs is 1. The summed E-state index contributed by atoms with van der Waals surface area (Å²) in [6, 6.07) is 8.97. The van der Waals surface area contributed by atoms with Gasteiger partial charge in [-0.1, -0.05) is 6.07 Å². The Kier molecular flexibility index (Phi) is 5.59. The van der Waals surface area contributed by atoms with Gasteiger partial charge in [0, 0.05) is 5.92 Å². The van der Waals surface area contributed by atoms with Crippen LogP contribution in [0.4, 0.5) is 0 Å². The molecule has 2 heterocycles. The molecule has 0 amide bonds. The van der Waals surface area contributed by atoms with Crippen LogP contribution in [0.3, 0.4) is 0 Å². The minimum Gasteiger partial charge on any atom is -0.493 e. The maximum Gasteiger partial charge on any atom is 0.312 e. The zero-order chi connectivity index (χ0) is 21.3. The average Bonchev–Trinajstić information content (AvgIpc) is 3.38. The maximum absolute atomic E-state index is 12.5. The van der Waals surface area contributed by atoms with Crippen LogP contribution in [0.15, 0.2) is 30.3 Å². The van der Waals surface area contributed by atoms with E-state index in [1.165, 1.54) is 21.3 Å². The lowest BCUT2D eigenvalue weighted by atomic mass is 9.83. The van der Waals surface area contributed by atoms with Crippen molar-refractivity contribution >= 4 is 5.97 Å². The van der Waals surface area contributed by atoms with E-state index in [9.17, 15) is 9.90 Å². The Bertz CT molecular complexity index is 916. The molecule has 2 aromatic rings. The smallest absolute Gasteiger partial charge is 0.312 e. The first-order valence-corrected chi connectivity index (χ1v) is 9.58. The SMILES string of the molecule is COc1cc([C@@H](O)C2C(=O)OC[C@@H]2Cc2ccc3c(c2)OCO3)cc(OC)c1OC. The zero-order valence-corrected chi connectivity index (χ0v) is 17.0. The lowest BCUT2D eigenvalue weighted by Crippen LogP contribution is -2.25. The predicted octanol–water partition coefficient (Wildman–Crippen LogP) is 2.51. The van der Waals surface area contributed by atoms with Crippen LogP contribution in [0.1, 0.15) is 17.2 Å². The molecule has 4 rings (SSSR count). The molecular formula is C22H24O8. The largest absolute Gasteiger partial charge is 0.493 e. The Morgan fingerprint density at radius 3 is 2.37 bits per heavy atom. The molecule has 160 valence electrons. The van der Waals surface area contributed by atoms with E-state index in [4.69, 9.17) is 28.4 Å². The predicted molar refractivity (Wildman–Crippen MR) is 105 cm³/mol. The number of esters is 1. The van der Waals surface area contributed by atoms with Crippen molar-refractivity contribution in [2.45, 2.75) is 12.5 Å². The number of hydrogen-bond donors (Lipinski definition) is 1. The van der Waals surface area contributed by atoms with Crippen molar-refractivity contribution in [3.8, 4) is 28.7 Å². The first kappa shape index (κ1) is 20.2. The van der Waals surface area contributed by atoms with Crippen LogP contribution in [-0.2, 0) is 16.0 Å². The molecular weight excluding hydrogens is 392 g/mol. The number of methoxy groups -OCH3 is 3. The van der Waals surface area contributed by atoms with E-state index in [0.717, 1.165) is 5.56 Å². The van der Waals surface area contributed by atoms with Gasteiger partial charge < -0.3 is 33.5 Å². The fourth-order valence-electron chi connectivity index (χ4n) is 4.00. The molecule has 1 fully saturated rings. The van der Waals surface area contributed by atoms with Crippen LogP contribution in [0.5, 0.6) is 28.7 Å². The Hall–Kier alpha value is -3.13. The molecule has 2 aliphatic heterocycles. The summed E-state index contributed by atoms with van der Waals surface area (Å²) in [4.78, 5) is 12.5. The van der Waals surface area contributed by atoms with Gasteiger partial charge in [-0.25, -0.2) is 0 Å². The maximum atomic E-state index is 12.5. The highest BCUT2D eigenvalue weighted by molar-refractivity contribution is 5.76. The Morgan fingerprint density at radius 2 is 1.70 bits per heavy atom. The fraction of sp³-hybridized carbons (Fsp3) is 0.409. The molecule has 0 aliphatic carbocycles. The molecule has 0 aromatic heterocycles. The first-order chi connectivity index (χ1) is 14.5. The highest BCUT2D eigenvalue weighted by atomic mass is 16.7. The van der Waals surface area contributed by atoms with Gasteiger partial charge in [-0.3, -0.25) is 4.79 Å². The van der Waals surface area contributed by atoms with Crippen molar-refractivity contribution in [3.63, 3.8) is 0 Å². The third-order valence-corrected chi connectivity index (χ3v) is 5.52. The van der Waals surface area contributed by atoms with Gasteiger partial charge in [0.05, 0.1) is 40.0 Å². The number of benzene rings is 2. The Labute approximate surface area is 174 Å². The monoisotopic (exact) mass is 416 g/mol. The first-order valence-electron chi connectivity index (χ1n) is 9.58. The summed E-state index contributed by atoms with van der Waals surface area (Å²) in [7, 11) is 4.51. The van der Waals surface area contributed by atoms with Gasteiger partial charge in [0.15, 0.2) is 23.0 Å². The van der Waals surface area contributed by atoms with Crippen molar-refractivity contribution in [2.24, 2.45) is 11.8 Å². The second-order valence-corrected chi connectivity index (χ2v) is 7.21. The summed E-state index contributed by atoms with van der Waals surface area (Å²) < 4.78 is 32.1. The van der Waals surface area contributed by atoms with Crippen LogP contribution < -0.4 is 23.7 Å². The minimum atomic E-state index is -1.09. The van der Waals surface area contributed by atoms with Gasteiger partial charge >= 0.3 is 5.97 Å². The molecule has 1 saturated heterocycles. The number of rotatable bonds is 7. The highest BCUT2D eigenvalue weighted by Gasteiger charge is 2.43. The van der Waals surface area contributed by atoms with Crippen molar-refractivity contribution < 1.29 is 38.3 Å². The number of carbonyl (C=O) groups is 1. The molecule has 0 spiro atoms. The van der Waals surface area contributed by atoms with E-state index in [-0.39, 0.29) is 19.3 Å². The van der Waals surface area contributed by atoms with Gasteiger partial charge in [0.1, 0.15) is 0 Å². The third kappa shape index (κ3) is 3.59. The quantitative estimate of drug-likeness (QED) is 0.689. The zero-order valence-electron chi connectivity index (χ0n) is 17.0. The summed E-state index contributed by atoms with van der Waals surface area (Å²) in [5, 5.41) is 11.1. The van der Waals surface area contributed by atoms with Gasteiger partial charge in [-0.15, -0.1) is 0 Å². The third-order valence-electron chi connectivity index (χ3n) is 5.52. The molecule has 0 bridgehead atoms. The van der Waals surface area contributed by atoms with Crippen LogP contribution in [0.25, 0.3) is 0 Å². The number of aliphatic hydroxyl groups excluding tert-OH is 1. The molecule has 1 unspecified atom stereocenters. The van der Waals surface area contributed by atoms with Crippen LogP contribution in [0.2, 0.25) is 0 Å². The average molecular weight is 416 g/mol. The van der Waals surface area contributed by atoms with E-state index in [2.05, 4.69) is 0 Å². The second-order valence-electron chi connectivity index (χ2n) is 7.21. The van der Waals surface area contributed by atoms with Gasteiger partial charge in [0.25, 0.3) is 0 Å². The van der Waals surface area contributed by atoms with E-state index >= 15 is 0 Å². The fourth-order valence-corrected chi connectivity index (χ4v) is 4.00. The molecule has 3 atom stereocenters. The summed E-state index contributed by atoms with van der Waals surface area (Å²) in [6.07, 6.45) is -0.540. The van der Waals surface area contributed by atoms with Gasteiger partial charge in [-0.05, 0) is 41.8 Å². The van der Waals surface area contributed by atoms with Gasteiger partial charge in [0.2, 0.25) is 12.5 Å².